The van der Waals surface area contributed by atoms with E-state index in [4.69, 9.17) is 14.2 Å². The maximum absolute atomic E-state index is 12.8. The summed E-state index contributed by atoms with van der Waals surface area (Å²) >= 11 is 0. The summed E-state index contributed by atoms with van der Waals surface area (Å²) in [5.74, 6) is -0.704. The molecule has 1 unspecified atom stereocenters. The molecular weight excluding hydrogens is 431 g/mol. The fraction of sp³-hybridized carbons (Fsp3) is 0.364. The largest absolute Gasteiger partial charge is 0.496 e. The summed E-state index contributed by atoms with van der Waals surface area (Å²) in [4.78, 5) is 23.5. The minimum Gasteiger partial charge on any atom is -0.496 e. The number of alkyl halides is 3. The highest BCUT2D eigenvalue weighted by atomic mass is 19.4. The van der Waals surface area contributed by atoms with Gasteiger partial charge in [0.05, 0.1) is 18.8 Å². The minimum atomic E-state index is -4.54. The van der Waals surface area contributed by atoms with Crippen LogP contribution in [0.1, 0.15) is 30.5 Å². The molecule has 0 aliphatic heterocycles. The number of aliphatic carboxylic acids is 1. The van der Waals surface area contributed by atoms with E-state index in [0.717, 1.165) is 12.1 Å². The number of amides is 1. The number of nitrogens with one attached hydrogen (secondary N) is 1. The van der Waals surface area contributed by atoms with Crippen LogP contribution in [0.15, 0.2) is 42.5 Å². The Morgan fingerprint density at radius 3 is 2.44 bits per heavy atom. The average Bonchev–Trinajstić information content (AvgIpc) is 2.71. The summed E-state index contributed by atoms with van der Waals surface area (Å²) in [6, 6.07) is 9.05. The van der Waals surface area contributed by atoms with Crippen molar-refractivity contribution in [3.8, 4) is 5.75 Å². The number of carbonyl (C=O) groups is 2. The van der Waals surface area contributed by atoms with Gasteiger partial charge < -0.3 is 19.3 Å². The van der Waals surface area contributed by atoms with Crippen LogP contribution in [0.5, 0.6) is 5.75 Å². The Morgan fingerprint density at radius 2 is 1.84 bits per heavy atom. The molecule has 0 fully saturated rings. The second kappa shape index (κ2) is 10.9. The van der Waals surface area contributed by atoms with E-state index in [1.165, 1.54) is 19.2 Å². The van der Waals surface area contributed by atoms with Gasteiger partial charge in [-0.15, -0.1) is 0 Å². The Kier molecular flexibility index (Phi) is 8.48. The van der Waals surface area contributed by atoms with Crippen molar-refractivity contribution in [3.05, 3.63) is 59.2 Å². The minimum absolute atomic E-state index is 0.0688. The molecule has 0 radical (unpaired) electrons. The molecule has 0 heterocycles. The normalized spacial score (nSPS) is 12.3. The number of rotatable bonds is 9. The molecule has 32 heavy (non-hydrogen) atoms. The van der Waals surface area contributed by atoms with Gasteiger partial charge in [-0.2, -0.15) is 13.2 Å². The molecule has 0 saturated heterocycles. The summed E-state index contributed by atoms with van der Waals surface area (Å²) in [6.45, 7) is 3.21. The van der Waals surface area contributed by atoms with Crippen molar-refractivity contribution in [3.63, 3.8) is 0 Å². The monoisotopic (exact) mass is 455 g/mol. The lowest BCUT2D eigenvalue weighted by Gasteiger charge is -2.18. The third-order valence-electron chi connectivity index (χ3n) is 4.27. The van der Waals surface area contributed by atoms with E-state index >= 15 is 0 Å². The van der Waals surface area contributed by atoms with Crippen molar-refractivity contribution in [2.75, 3.05) is 12.4 Å². The smallest absolute Gasteiger partial charge is 0.416 e. The third kappa shape index (κ3) is 7.45. The van der Waals surface area contributed by atoms with E-state index in [2.05, 4.69) is 5.32 Å². The van der Waals surface area contributed by atoms with Gasteiger partial charge in [0.2, 0.25) is 0 Å². The van der Waals surface area contributed by atoms with Crippen LogP contribution in [-0.2, 0) is 33.5 Å². The first kappa shape index (κ1) is 25.0. The van der Waals surface area contributed by atoms with Gasteiger partial charge in [-0.1, -0.05) is 12.1 Å². The van der Waals surface area contributed by atoms with Gasteiger partial charge in [0.1, 0.15) is 12.4 Å². The van der Waals surface area contributed by atoms with E-state index in [0.29, 0.717) is 16.9 Å². The van der Waals surface area contributed by atoms with Crippen molar-refractivity contribution >= 4 is 17.7 Å². The molecule has 2 aromatic carbocycles. The Bertz CT molecular complexity index is 946. The number of halogens is 3. The molecule has 2 rings (SSSR count). The van der Waals surface area contributed by atoms with Crippen LogP contribution >= 0.6 is 0 Å². The molecule has 0 saturated carbocycles. The summed E-state index contributed by atoms with van der Waals surface area (Å²) in [5, 5.41) is 11.6. The van der Waals surface area contributed by atoms with Gasteiger partial charge in [-0.05, 0) is 49.7 Å². The molecule has 1 amide bonds. The summed E-state index contributed by atoms with van der Waals surface area (Å²) in [6.07, 6.45) is -6.75. The second-order valence-corrected chi connectivity index (χ2v) is 7.14. The number of hydrogen-bond donors (Lipinski definition) is 2. The zero-order valence-corrected chi connectivity index (χ0v) is 17.7. The van der Waals surface area contributed by atoms with E-state index in [9.17, 15) is 27.9 Å². The molecule has 2 N–H and O–H groups in total. The Morgan fingerprint density at radius 1 is 1.12 bits per heavy atom. The van der Waals surface area contributed by atoms with Gasteiger partial charge in [0.25, 0.3) is 0 Å². The fourth-order valence-electron chi connectivity index (χ4n) is 2.88. The van der Waals surface area contributed by atoms with Crippen molar-refractivity contribution in [2.24, 2.45) is 0 Å². The highest BCUT2D eigenvalue weighted by molar-refractivity contribution is 5.84. The van der Waals surface area contributed by atoms with Crippen molar-refractivity contribution in [1.82, 2.24) is 0 Å². The molecule has 0 aromatic heterocycles. The van der Waals surface area contributed by atoms with E-state index < -0.39 is 29.9 Å². The van der Waals surface area contributed by atoms with Crippen molar-refractivity contribution < 1.29 is 42.1 Å². The molecule has 0 aliphatic rings. The average molecular weight is 455 g/mol. The van der Waals surface area contributed by atoms with Gasteiger partial charge in [0, 0.05) is 17.7 Å². The number of benzene rings is 2. The highest BCUT2D eigenvalue weighted by Crippen LogP contribution is 2.30. The molecule has 7 nitrogen and oxygen atoms in total. The Balaban J connectivity index is 2.07. The third-order valence-corrected chi connectivity index (χ3v) is 4.27. The quantitative estimate of drug-likeness (QED) is 0.560. The van der Waals surface area contributed by atoms with Crippen LogP contribution in [0, 0.1) is 0 Å². The van der Waals surface area contributed by atoms with Crippen molar-refractivity contribution in [1.29, 1.82) is 0 Å². The zero-order valence-electron chi connectivity index (χ0n) is 17.7. The number of carbonyl (C=O) groups excluding carboxylic acids is 1. The maximum atomic E-state index is 12.8. The van der Waals surface area contributed by atoms with Crippen LogP contribution in [0.3, 0.4) is 0 Å². The lowest BCUT2D eigenvalue weighted by molar-refractivity contribution is -0.153. The topological polar surface area (TPSA) is 94.1 Å². The first-order valence-electron chi connectivity index (χ1n) is 9.64. The van der Waals surface area contributed by atoms with Crippen LogP contribution in [0.2, 0.25) is 0 Å². The summed E-state index contributed by atoms with van der Waals surface area (Å²) < 4.78 is 54.2. The SMILES string of the molecule is COc1ccc(CC(OC(C)C)C(=O)O)cc1COC(=O)Nc1cccc(C(F)(F)F)c1. The van der Waals surface area contributed by atoms with Crippen LogP contribution in [0.4, 0.5) is 23.7 Å². The molecule has 0 aliphatic carbocycles. The molecule has 1 atom stereocenters. The molecule has 2 aromatic rings. The summed E-state index contributed by atoms with van der Waals surface area (Å²) in [5.41, 5.74) is 0.107. The number of ether oxygens (including phenoxy) is 3. The van der Waals surface area contributed by atoms with Gasteiger partial charge in [0.15, 0.2) is 6.10 Å². The molecule has 174 valence electrons. The van der Waals surface area contributed by atoms with Crippen LogP contribution in [0.25, 0.3) is 0 Å². The van der Waals surface area contributed by atoms with Crippen molar-refractivity contribution in [2.45, 2.75) is 45.3 Å². The Labute approximate surface area is 183 Å². The number of methoxy groups -OCH3 is 1. The predicted molar refractivity (Wildman–Crippen MR) is 110 cm³/mol. The number of anilines is 1. The molecule has 10 heteroatoms. The van der Waals surface area contributed by atoms with E-state index in [1.807, 2.05) is 0 Å². The Hall–Kier alpha value is -3.27. The van der Waals surface area contributed by atoms with Gasteiger partial charge >= 0.3 is 18.2 Å². The van der Waals surface area contributed by atoms with Crippen LogP contribution < -0.4 is 10.1 Å². The zero-order chi connectivity index (χ0) is 23.9. The highest BCUT2D eigenvalue weighted by Gasteiger charge is 2.30. The number of carboxylic acids is 1. The molecule has 0 spiro atoms. The second-order valence-electron chi connectivity index (χ2n) is 7.14. The van der Waals surface area contributed by atoms with Crippen LogP contribution in [-0.4, -0.2) is 36.5 Å². The maximum Gasteiger partial charge on any atom is 0.416 e. The predicted octanol–water partition coefficient (Wildman–Crippen LogP) is 4.88. The first-order valence-corrected chi connectivity index (χ1v) is 9.64. The van der Waals surface area contributed by atoms with E-state index in [1.54, 1.807) is 32.0 Å². The summed E-state index contributed by atoms with van der Waals surface area (Å²) in [7, 11) is 1.42. The van der Waals surface area contributed by atoms with Gasteiger partial charge in [-0.3, -0.25) is 5.32 Å². The van der Waals surface area contributed by atoms with Gasteiger partial charge in [-0.25, -0.2) is 9.59 Å². The lowest BCUT2D eigenvalue weighted by Crippen LogP contribution is -2.29. The number of carboxylic acid groups (broad SMARTS) is 1. The number of hydrogen-bond acceptors (Lipinski definition) is 5. The standard InChI is InChI=1S/C22H24F3NO6/c1-13(2)32-19(20(27)28)10-14-7-8-18(30-3)15(9-14)12-31-21(29)26-17-6-4-5-16(11-17)22(23,24)25/h4-9,11,13,19H,10,12H2,1-3H3,(H,26,29)(H,27,28). The van der Waals surface area contributed by atoms with E-state index in [-0.39, 0.29) is 24.8 Å². The molecular formula is C22H24F3NO6. The molecule has 0 bridgehead atoms. The fourth-order valence-corrected chi connectivity index (χ4v) is 2.88. The lowest BCUT2D eigenvalue weighted by atomic mass is 10.0. The first-order chi connectivity index (χ1) is 15.0.